The quantitative estimate of drug-likeness (QED) is 0.556. The van der Waals surface area contributed by atoms with Gasteiger partial charge in [0.1, 0.15) is 5.82 Å². The molecule has 2 aromatic heterocycles. The van der Waals surface area contributed by atoms with Gasteiger partial charge >= 0.3 is 6.03 Å². The van der Waals surface area contributed by atoms with Gasteiger partial charge in [-0.15, -0.1) is 0 Å². The first-order valence-corrected chi connectivity index (χ1v) is 11.3. The van der Waals surface area contributed by atoms with Crippen LogP contribution in [0.4, 0.5) is 9.18 Å². The van der Waals surface area contributed by atoms with E-state index in [1.54, 1.807) is 29.2 Å². The lowest BCUT2D eigenvalue weighted by Gasteiger charge is -2.26. The van der Waals surface area contributed by atoms with Crippen molar-refractivity contribution < 1.29 is 9.18 Å². The highest BCUT2D eigenvalue weighted by Gasteiger charge is 2.27. The van der Waals surface area contributed by atoms with E-state index in [1.807, 2.05) is 26.1 Å². The summed E-state index contributed by atoms with van der Waals surface area (Å²) in [6.45, 7) is 3.90. The Hall–Kier alpha value is -3.22. The van der Waals surface area contributed by atoms with Crippen LogP contribution < -0.4 is 10.6 Å². The van der Waals surface area contributed by atoms with Gasteiger partial charge < -0.3 is 10.6 Å². The molecule has 2 N–H and O–H groups in total. The van der Waals surface area contributed by atoms with E-state index in [9.17, 15) is 9.18 Å². The number of halogens is 1. The van der Waals surface area contributed by atoms with Gasteiger partial charge in [-0.25, -0.2) is 13.9 Å². The van der Waals surface area contributed by atoms with E-state index in [0.29, 0.717) is 5.92 Å². The molecule has 3 aromatic rings. The van der Waals surface area contributed by atoms with Crippen LogP contribution in [0.1, 0.15) is 55.5 Å². The number of rotatable bonds is 7. The number of nitrogens with zero attached hydrogens (tertiary/aromatic N) is 3. The topological polar surface area (TPSA) is 71.8 Å². The third-order valence-electron chi connectivity index (χ3n) is 6.40. The molecule has 2 heterocycles. The summed E-state index contributed by atoms with van der Waals surface area (Å²) in [7, 11) is 0. The summed E-state index contributed by atoms with van der Waals surface area (Å²) in [4.78, 5) is 17.1. The Morgan fingerprint density at radius 1 is 1.16 bits per heavy atom. The molecular weight excluding hydrogens is 405 g/mol. The molecule has 1 aliphatic rings. The summed E-state index contributed by atoms with van der Waals surface area (Å²) in [5, 5.41) is 10.7. The van der Waals surface area contributed by atoms with Crippen molar-refractivity contribution in [2.75, 3.05) is 0 Å². The van der Waals surface area contributed by atoms with Crippen LogP contribution in [0, 0.1) is 18.7 Å². The molecule has 0 radical (unpaired) electrons. The monoisotopic (exact) mass is 435 g/mol. The first-order chi connectivity index (χ1) is 15.5. The van der Waals surface area contributed by atoms with Gasteiger partial charge in [-0.3, -0.25) is 4.98 Å². The number of hydrogen-bond acceptors (Lipinski definition) is 3. The van der Waals surface area contributed by atoms with Crippen molar-refractivity contribution in [1.82, 2.24) is 25.4 Å². The van der Waals surface area contributed by atoms with Crippen molar-refractivity contribution in [3.63, 3.8) is 0 Å². The van der Waals surface area contributed by atoms with E-state index in [2.05, 4.69) is 26.8 Å². The number of carbonyl (C=O) groups excluding carboxylic acids is 1. The number of amides is 2. The Labute approximate surface area is 188 Å². The lowest BCUT2D eigenvalue weighted by atomic mass is 9.93. The van der Waals surface area contributed by atoms with E-state index >= 15 is 0 Å². The predicted octanol–water partition coefficient (Wildman–Crippen LogP) is 4.88. The van der Waals surface area contributed by atoms with E-state index in [1.165, 1.54) is 25.0 Å². The maximum absolute atomic E-state index is 13.2. The summed E-state index contributed by atoms with van der Waals surface area (Å²) in [5.74, 6) is 0.202. The van der Waals surface area contributed by atoms with Crippen LogP contribution in [0.3, 0.4) is 0 Å². The van der Waals surface area contributed by atoms with Crippen LogP contribution >= 0.6 is 0 Å². The molecule has 168 valence electrons. The standard InChI is InChI=1S/C25H30FN5O/c1-17(23-16-28-31(18(23)2)22-11-9-21(26)10-12-22)29-25(32)30-24(20-7-3-4-8-20)14-19-6-5-13-27-15-19/h5-6,9-13,15-17,20,24H,3-4,7-8,14H2,1-2H3,(H2,29,30,32). The molecule has 1 fully saturated rings. The summed E-state index contributed by atoms with van der Waals surface area (Å²) in [5.41, 5.74) is 3.75. The Kier molecular flexibility index (Phi) is 6.83. The zero-order valence-corrected chi connectivity index (χ0v) is 18.6. The van der Waals surface area contributed by atoms with Crippen molar-refractivity contribution in [3.8, 4) is 5.69 Å². The highest BCUT2D eigenvalue weighted by molar-refractivity contribution is 5.75. The van der Waals surface area contributed by atoms with Crippen molar-refractivity contribution >= 4 is 6.03 Å². The Morgan fingerprint density at radius 2 is 1.91 bits per heavy atom. The SMILES string of the molecule is Cc1c(C(C)NC(=O)NC(Cc2cccnc2)C2CCCC2)cnn1-c1ccc(F)cc1. The van der Waals surface area contributed by atoms with E-state index in [4.69, 9.17) is 0 Å². The molecule has 2 unspecified atom stereocenters. The van der Waals surface area contributed by atoms with Crippen LogP contribution in [0.25, 0.3) is 5.69 Å². The van der Waals surface area contributed by atoms with Gasteiger partial charge in [-0.05, 0) is 74.9 Å². The number of nitrogens with one attached hydrogen (secondary N) is 2. The Balaban J connectivity index is 1.42. The number of pyridine rings is 1. The molecule has 0 saturated heterocycles. The summed E-state index contributed by atoms with van der Waals surface area (Å²) < 4.78 is 15.0. The van der Waals surface area contributed by atoms with Crippen LogP contribution in [0.2, 0.25) is 0 Å². The zero-order valence-electron chi connectivity index (χ0n) is 18.6. The molecule has 0 spiro atoms. The number of urea groups is 1. The molecule has 4 rings (SSSR count). The van der Waals surface area contributed by atoms with Crippen molar-refractivity contribution in [2.45, 2.75) is 58.0 Å². The highest BCUT2D eigenvalue weighted by atomic mass is 19.1. The molecule has 7 heteroatoms. The summed E-state index contributed by atoms with van der Waals surface area (Å²) in [6.07, 6.45) is 10.9. The minimum atomic E-state index is -0.284. The molecule has 2 atom stereocenters. The third-order valence-corrected chi connectivity index (χ3v) is 6.40. The van der Waals surface area contributed by atoms with Gasteiger partial charge in [0.05, 0.1) is 17.9 Å². The summed E-state index contributed by atoms with van der Waals surface area (Å²) >= 11 is 0. The van der Waals surface area contributed by atoms with Gasteiger partial charge in [0.15, 0.2) is 0 Å². The van der Waals surface area contributed by atoms with Gasteiger partial charge in [0.25, 0.3) is 0 Å². The normalized spacial score (nSPS) is 16.0. The average Bonchev–Trinajstić information content (AvgIpc) is 3.45. The maximum atomic E-state index is 13.2. The van der Waals surface area contributed by atoms with Gasteiger partial charge in [0.2, 0.25) is 0 Å². The average molecular weight is 436 g/mol. The van der Waals surface area contributed by atoms with Gasteiger partial charge in [0, 0.05) is 29.7 Å². The van der Waals surface area contributed by atoms with Gasteiger partial charge in [-0.2, -0.15) is 5.10 Å². The smallest absolute Gasteiger partial charge is 0.315 e. The lowest BCUT2D eigenvalue weighted by Crippen LogP contribution is -2.46. The van der Waals surface area contributed by atoms with E-state index in [-0.39, 0.29) is 23.9 Å². The Bertz CT molecular complexity index is 1030. The molecule has 2 amide bonds. The lowest BCUT2D eigenvalue weighted by molar-refractivity contribution is 0.227. The number of carbonyl (C=O) groups is 1. The molecular formula is C25H30FN5O. The number of aromatic nitrogens is 3. The zero-order chi connectivity index (χ0) is 22.5. The molecule has 1 aromatic carbocycles. The second-order valence-electron chi connectivity index (χ2n) is 8.63. The third kappa shape index (κ3) is 5.15. The molecule has 1 saturated carbocycles. The predicted molar refractivity (Wildman–Crippen MR) is 122 cm³/mol. The van der Waals surface area contributed by atoms with Crippen LogP contribution in [-0.4, -0.2) is 26.8 Å². The molecule has 0 aliphatic heterocycles. The van der Waals surface area contributed by atoms with E-state index in [0.717, 1.165) is 41.8 Å². The first-order valence-electron chi connectivity index (χ1n) is 11.3. The second kappa shape index (κ2) is 9.94. The van der Waals surface area contributed by atoms with Crippen LogP contribution in [0.15, 0.2) is 55.0 Å². The minimum absolute atomic E-state index is 0.0805. The highest BCUT2D eigenvalue weighted by Crippen LogP contribution is 2.29. The fraction of sp³-hybridized carbons (Fsp3) is 0.400. The molecule has 32 heavy (non-hydrogen) atoms. The number of hydrogen-bond donors (Lipinski definition) is 2. The molecule has 6 nitrogen and oxygen atoms in total. The van der Waals surface area contributed by atoms with Crippen LogP contribution in [-0.2, 0) is 6.42 Å². The number of benzene rings is 1. The van der Waals surface area contributed by atoms with E-state index < -0.39 is 0 Å². The minimum Gasteiger partial charge on any atom is -0.335 e. The van der Waals surface area contributed by atoms with Crippen molar-refractivity contribution in [3.05, 3.63) is 77.6 Å². The molecule has 0 bridgehead atoms. The summed E-state index contributed by atoms with van der Waals surface area (Å²) in [6, 6.07) is 9.89. The van der Waals surface area contributed by atoms with Gasteiger partial charge in [-0.1, -0.05) is 18.9 Å². The fourth-order valence-corrected chi connectivity index (χ4v) is 4.64. The van der Waals surface area contributed by atoms with Crippen LogP contribution in [0.5, 0.6) is 0 Å². The Morgan fingerprint density at radius 3 is 2.59 bits per heavy atom. The largest absolute Gasteiger partial charge is 0.335 e. The van der Waals surface area contributed by atoms with Crippen molar-refractivity contribution in [1.29, 1.82) is 0 Å². The maximum Gasteiger partial charge on any atom is 0.315 e. The first kappa shape index (κ1) is 22.0. The van der Waals surface area contributed by atoms with Crippen molar-refractivity contribution in [2.24, 2.45) is 5.92 Å². The second-order valence-corrected chi connectivity index (χ2v) is 8.63. The molecule has 1 aliphatic carbocycles. The fourth-order valence-electron chi connectivity index (χ4n) is 4.64.